The molecule has 0 saturated heterocycles. The largest absolute Gasteiger partial charge is 0.461 e. The molecule has 1 unspecified atom stereocenters. The molecule has 4 aromatic rings. The van der Waals surface area contributed by atoms with Crippen molar-refractivity contribution >= 4 is 29.2 Å². The van der Waals surface area contributed by atoms with Crippen LogP contribution in [-0.2, 0) is 60.5 Å². The van der Waals surface area contributed by atoms with Crippen molar-refractivity contribution in [3.63, 3.8) is 0 Å². The molecule has 0 spiro atoms. The molecule has 4 aromatic heterocycles. The predicted octanol–water partition coefficient (Wildman–Crippen LogP) is 2.86. The number of likely N-dealkylation sites (N-methyl/N-ethyl adjacent to an activating group) is 1. The van der Waals surface area contributed by atoms with Gasteiger partial charge in [-0.3, -0.25) is 19.1 Å². The van der Waals surface area contributed by atoms with Gasteiger partial charge in [-0.2, -0.15) is 5.10 Å². The number of aryl methyl sites for hydroxylation is 1. The number of carbonyl (C=O) groups is 2. The fraction of sp³-hybridized carbons (Fsp3) is 0.424. The third-order valence-electron chi connectivity index (χ3n) is 9.22. The average Bonchev–Trinajstić information content (AvgIpc) is 3.63. The van der Waals surface area contributed by atoms with E-state index in [1.807, 2.05) is 17.0 Å². The summed E-state index contributed by atoms with van der Waals surface area (Å²) < 4.78 is 10.9. The number of esters is 1. The summed E-state index contributed by atoms with van der Waals surface area (Å²) in [6.45, 7) is 7.60. The first-order valence-corrected chi connectivity index (χ1v) is 15.4. The van der Waals surface area contributed by atoms with Gasteiger partial charge in [0.25, 0.3) is 5.56 Å². The zero-order valence-corrected chi connectivity index (χ0v) is 26.7. The zero-order chi connectivity index (χ0) is 32.5. The third kappa shape index (κ3) is 5.14. The molecule has 13 heteroatoms. The highest BCUT2D eigenvalue weighted by Crippen LogP contribution is 2.42. The zero-order valence-electron chi connectivity index (χ0n) is 26.7. The second-order valence-electron chi connectivity index (χ2n) is 13.3. The fourth-order valence-electron chi connectivity index (χ4n) is 7.01. The molecule has 0 radical (unpaired) electrons. The van der Waals surface area contributed by atoms with Gasteiger partial charge < -0.3 is 34.1 Å². The Morgan fingerprint density at radius 2 is 1.93 bits per heavy atom. The quantitative estimate of drug-likeness (QED) is 0.309. The molecule has 6 heterocycles. The van der Waals surface area contributed by atoms with Gasteiger partial charge in [-0.1, -0.05) is 13.8 Å². The smallest absolute Gasteiger partial charge is 0.302 e. The van der Waals surface area contributed by atoms with Gasteiger partial charge in [0.05, 0.1) is 17.9 Å². The highest BCUT2D eigenvalue weighted by Gasteiger charge is 2.37. The van der Waals surface area contributed by atoms with Crippen LogP contribution in [0.25, 0.3) is 11.1 Å². The maximum Gasteiger partial charge on any atom is 0.302 e. The number of fused-ring (bicyclic) bond motifs is 4. The summed E-state index contributed by atoms with van der Waals surface area (Å²) in [6, 6.07) is 7.50. The van der Waals surface area contributed by atoms with Crippen molar-refractivity contribution in [2.75, 3.05) is 23.8 Å². The molecule has 2 aliphatic heterocycles. The summed E-state index contributed by atoms with van der Waals surface area (Å²) in [7, 11) is 3.41. The van der Waals surface area contributed by atoms with Gasteiger partial charge in [0.2, 0.25) is 5.91 Å². The van der Waals surface area contributed by atoms with Crippen molar-refractivity contribution < 1.29 is 19.4 Å². The van der Waals surface area contributed by atoms with Crippen molar-refractivity contribution in [2.45, 2.75) is 66.1 Å². The van der Waals surface area contributed by atoms with E-state index in [-0.39, 0.29) is 30.0 Å². The summed E-state index contributed by atoms with van der Waals surface area (Å²) in [4.78, 5) is 45.6. The van der Waals surface area contributed by atoms with Crippen molar-refractivity contribution in [1.29, 1.82) is 0 Å². The van der Waals surface area contributed by atoms with E-state index in [1.54, 1.807) is 42.1 Å². The molecule has 1 atom stereocenters. The van der Waals surface area contributed by atoms with Gasteiger partial charge >= 0.3 is 5.97 Å². The van der Waals surface area contributed by atoms with Crippen LogP contribution >= 0.6 is 0 Å². The van der Waals surface area contributed by atoms with Crippen LogP contribution in [0.1, 0.15) is 55.2 Å². The number of nitrogens with zero attached hydrogens (tertiary/aromatic N) is 7. The fourth-order valence-corrected chi connectivity index (χ4v) is 7.01. The van der Waals surface area contributed by atoms with E-state index in [9.17, 15) is 19.5 Å². The summed E-state index contributed by atoms with van der Waals surface area (Å²) in [6.07, 6.45) is 4.40. The van der Waals surface area contributed by atoms with E-state index < -0.39 is 12.2 Å². The molecule has 46 heavy (non-hydrogen) atoms. The van der Waals surface area contributed by atoms with Crippen LogP contribution in [-0.4, -0.2) is 59.4 Å². The number of rotatable bonds is 6. The minimum atomic E-state index is -0.934. The van der Waals surface area contributed by atoms with Gasteiger partial charge in [0.1, 0.15) is 24.7 Å². The van der Waals surface area contributed by atoms with E-state index in [4.69, 9.17) is 9.72 Å². The Bertz CT molecular complexity index is 1950. The number of pyridine rings is 2. The van der Waals surface area contributed by atoms with Crippen molar-refractivity contribution in [3.8, 4) is 11.1 Å². The Morgan fingerprint density at radius 1 is 1.13 bits per heavy atom. The summed E-state index contributed by atoms with van der Waals surface area (Å²) in [5, 5.41) is 19.3. The number of hydrogen-bond donors (Lipinski definition) is 2. The standard InChI is InChI=1S/C33H38N8O5/c1-19(42)46-18-24-23(6-7-34-30(24)40-9-8-39-26(32(40)45)11-20-13-33(2,3)14-27(20)39)21-10-25(31(44)38(5)15-21)35-28-12-22-16-37(4)29(43)17-41(22)36-28/h6-7,10-12,15,32,45H,8-9,13-14,16-18H2,1-5H3,(H,35,36). The lowest BCUT2D eigenvalue weighted by Gasteiger charge is -2.36. The van der Waals surface area contributed by atoms with E-state index in [1.165, 1.54) is 22.7 Å². The number of ether oxygens (including phenoxy) is 1. The van der Waals surface area contributed by atoms with Crippen molar-refractivity contribution in [1.82, 2.24) is 28.8 Å². The Labute approximate surface area is 266 Å². The molecule has 2 N–H and O–H groups in total. The van der Waals surface area contributed by atoms with Crippen LogP contribution in [0.2, 0.25) is 0 Å². The van der Waals surface area contributed by atoms with Crippen LogP contribution in [0.3, 0.4) is 0 Å². The molecule has 3 aliphatic rings. The van der Waals surface area contributed by atoms with Crippen molar-refractivity contribution in [2.24, 2.45) is 12.5 Å². The second-order valence-corrected chi connectivity index (χ2v) is 13.3. The van der Waals surface area contributed by atoms with Crippen LogP contribution in [0.15, 0.2) is 41.5 Å². The summed E-state index contributed by atoms with van der Waals surface area (Å²) in [5.74, 6) is 0.494. The second kappa shape index (κ2) is 10.9. The molecule has 7 rings (SSSR count). The minimum absolute atomic E-state index is 0.0334. The number of nitrogens with one attached hydrogen (secondary N) is 1. The number of hydrogen-bond acceptors (Lipinski definition) is 9. The Kier molecular flexibility index (Phi) is 7.03. The van der Waals surface area contributed by atoms with Crippen LogP contribution in [0.4, 0.5) is 17.3 Å². The van der Waals surface area contributed by atoms with Crippen LogP contribution < -0.4 is 15.8 Å². The molecule has 0 aromatic carbocycles. The SMILES string of the molecule is CC(=O)OCc1c(-c2cc(Nc3cc4n(n3)CC(=O)N(C)C4)c(=O)n(C)c2)ccnc1N1CCn2c(cc3c2CC(C)(C)C3)C1O. The van der Waals surface area contributed by atoms with E-state index >= 15 is 0 Å². The molecular weight excluding hydrogens is 588 g/mol. The monoisotopic (exact) mass is 626 g/mol. The maximum atomic E-state index is 13.3. The van der Waals surface area contributed by atoms with Gasteiger partial charge in [0, 0.05) is 69.4 Å². The van der Waals surface area contributed by atoms with Crippen molar-refractivity contribution in [3.05, 3.63) is 75.2 Å². The summed E-state index contributed by atoms with van der Waals surface area (Å²) >= 11 is 0. The van der Waals surface area contributed by atoms with E-state index in [0.29, 0.717) is 53.6 Å². The molecule has 13 nitrogen and oxygen atoms in total. The first kappa shape index (κ1) is 29.8. The average molecular weight is 627 g/mol. The van der Waals surface area contributed by atoms with Gasteiger partial charge in [-0.05, 0) is 47.6 Å². The van der Waals surface area contributed by atoms with E-state index in [2.05, 4.69) is 34.9 Å². The number of amides is 1. The molecule has 0 saturated carbocycles. The number of aromatic nitrogens is 5. The molecule has 1 amide bonds. The predicted molar refractivity (Wildman–Crippen MR) is 170 cm³/mol. The third-order valence-corrected chi connectivity index (χ3v) is 9.22. The lowest BCUT2D eigenvalue weighted by molar-refractivity contribution is -0.142. The molecule has 240 valence electrons. The van der Waals surface area contributed by atoms with E-state index in [0.717, 1.165) is 24.2 Å². The van der Waals surface area contributed by atoms with Gasteiger partial charge in [-0.25, -0.2) is 4.98 Å². The molecule has 1 aliphatic carbocycles. The Balaban J connectivity index is 1.25. The Hall–Kier alpha value is -4.91. The maximum absolute atomic E-state index is 13.3. The lowest BCUT2D eigenvalue weighted by Crippen LogP contribution is -2.39. The first-order valence-electron chi connectivity index (χ1n) is 15.4. The lowest BCUT2D eigenvalue weighted by atomic mass is 9.90. The Morgan fingerprint density at radius 3 is 2.72 bits per heavy atom. The number of aliphatic hydroxyl groups excluding tert-OH is 1. The van der Waals surface area contributed by atoms with Crippen LogP contribution in [0, 0.1) is 5.41 Å². The molecular formula is C33H38N8O5. The number of carbonyl (C=O) groups excluding carboxylic acids is 2. The normalized spacial score (nSPS) is 18.3. The van der Waals surface area contributed by atoms with Crippen LogP contribution in [0.5, 0.6) is 0 Å². The number of anilines is 3. The minimum Gasteiger partial charge on any atom is -0.461 e. The summed E-state index contributed by atoms with van der Waals surface area (Å²) in [5.41, 5.74) is 6.52. The first-order chi connectivity index (χ1) is 21.9. The van der Waals surface area contributed by atoms with Gasteiger partial charge in [0.15, 0.2) is 12.0 Å². The highest BCUT2D eigenvalue weighted by molar-refractivity contribution is 5.78. The highest BCUT2D eigenvalue weighted by atomic mass is 16.5. The topological polar surface area (TPSA) is 140 Å². The molecule has 0 fully saturated rings. The molecule has 0 bridgehead atoms. The van der Waals surface area contributed by atoms with Gasteiger partial charge in [-0.15, -0.1) is 0 Å². The number of aliphatic hydroxyl groups is 1.